The fourth-order valence-corrected chi connectivity index (χ4v) is 5.08. The first-order valence-corrected chi connectivity index (χ1v) is 10.1. The zero-order chi connectivity index (χ0) is 19.0. The molecule has 0 saturated carbocycles. The number of aromatic nitrogens is 2. The maximum atomic E-state index is 12.4. The van der Waals surface area contributed by atoms with Crippen molar-refractivity contribution in [3.8, 4) is 0 Å². The van der Waals surface area contributed by atoms with Crippen LogP contribution in [0.15, 0.2) is 24.0 Å². The number of ether oxygens (including phenoxy) is 1. The van der Waals surface area contributed by atoms with Crippen molar-refractivity contribution in [3.63, 3.8) is 0 Å². The van der Waals surface area contributed by atoms with Crippen LogP contribution >= 0.6 is 0 Å². The summed E-state index contributed by atoms with van der Waals surface area (Å²) in [6.45, 7) is 10.0. The van der Waals surface area contributed by atoms with Crippen LogP contribution in [-0.2, 0) is 4.74 Å². The Morgan fingerprint density at radius 1 is 1.41 bits per heavy atom. The highest BCUT2D eigenvalue weighted by atomic mass is 16.5. The monoisotopic (exact) mass is 370 g/mol. The Morgan fingerprint density at radius 3 is 3.00 bits per heavy atom. The zero-order valence-electron chi connectivity index (χ0n) is 16.6. The minimum atomic E-state index is -0.141. The summed E-state index contributed by atoms with van der Waals surface area (Å²) < 4.78 is 6.47. The van der Waals surface area contributed by atoms with E-state index in [1.807, 2.05) is 6.92 Å². The molecule has 6 nitrogen and oxygen atoms in total. The number of fused-ring (bicyclic) bond motifs is 1. The lowest BCUT2D eigenvalue weighted by Crippen LogP contribution is -2.42. The van der Waals surface area contributed by atoms with Crippen LogP contribution in [0.2, 0.25) is 0 Å². The van der Waals surface area contributed by atoms with E-state index < -0.39 is 0 Å². The summed E-state index contributed by atoms with van der Waals surface area (Å²) in [5.41, 5.74) is 2.60. The van der Waals surface area contributed by atoms with Crippen molar-refractivity contribution in [3.05, 3.63) is 35.4 Å². The molecule has 3 aliphatic heterocycles. The summed E-state index contributed by atoms with van der Waals surface area (Å²) in [5.74, 6) is 0.777. The van der Waals surface area contributed by atoms with E-state index in [0.717, 1.165) is 44.6 Å². The van der Waals surface area contributed by atoms with Crippen LogP contribution in [-0.4, -0.2) is 58.7 Å². The van der Waals surface area contributed by atoms with Gasteiger partial charge in [0.15, 0.2) is 0 Å². The van der Waals surface area contributed by atoms with Crippen molar-refractivity contribution in [2.45, 2.75) is 51.7 Å². The van der Waals surface area contributed by atoms with Crippen molar-refractivity contribution in [1.29, 1.82) is 0 Å². The van der Waals surface area contributed by atoms with Crippen LogP contribution in [0.3, 0.4) is 0 Å². The van der Waals surface area contributed by atoms with Gasteiger partial charge in [-0.15, -0.1) is 0 Å². The van der Waals surface area contributed by atoms with Gasteiger partial charge in [0, 0.05) is 44.2 Å². The second-order valence-corrected chi connectivity index (χ2v) is 8.59. The molecular weight excluding hydrogens is 340 g/mol. The van der Waals surface area contributed by atoms with Crippen molar-refractivity contribution in [2.75, 3.05) is 26.2 Å². The Labute approximate surface area is 161 Å². The van der Waals surface area contributed by atoms with Gasteiger partial charge in [0.25, 0.3) is 5.91 Å². The van der Waals surface area contributed by atoms with Gasteiger partial charge in [-0.05, 0) is 40.0 Å². The average molecular weight is 370 g/mol. The van der Waals surface area contributed by atoms with E-state index in [2.05, 4.69) is 40.1 Å². The number of nitrogens with zero attached hydrogens (tertiary/aromatic N) is 3. The molecule has 0 aliphatic carbocycles. The number of aryl methyl sites for hydroxylation is 1. The predicted molar refractivity (Wildman–Crippen MR) is 103 cm³/mol. The van der Waals surface area contributed by atoms with E-state index >= 15 is 0 Å². The molecule has 3 saturated heterocycles. The van der Waals surface area contributed by atoms with Gasteiger partial charge in [-0.25, -0.2) is 4.98 Å². The Balaban J connectivity index is 1.36. The molecule has 0 radical (unpaired) electrons. The first-order valence-electron chi connectivity index (χ1n) is 10.1. The molecule has 1 spiro atoms. The van der Waals surface area contributed by atoms with Gasteiger partial charge in [-0.2, -0.15) is 0 Å². The largest absolute Gasteiger partial charge is 0.370 e. The summed E-state index contributed by atoms with van der Waals surface area (Å²) in [5, 5.41) is 3.08. The zero-order valence-corrected chi connectivity index (χ0v) is 16.6. The van der Waals surface area contributed by atoms with Crippen LogP contribution in [0.5, 0.6) is 0 Å². The molecule has 6 heteroatoms. The number of allylic oxidation sites excluding steroid dienone is 1. The lowest BCUT2D eigenvalue weighted by Gasteiger charge is -2.29. The molecule has 146 valence electrons. The van der Waals surface area contributed by atoms with E-state index in [-0.39, 0.29) is 11.5 Å². The van der Waals surface area contributed by atoms with Gasteiger partial charge in [0.05, 0.1) is 23.6 Å². The molecule has 0 aromatic carbocycles. The number of amides is 1. The van der Waals surface area contributed by atoms with Gasteiger partial charge in [-0.1, -0.05) is 11.6 Å². The smallest absolute Gasteiger partial charge is 0.271 e. The fraction of sp³-hybridized carbons (Fsp3) is 0.667. The number of rotatable bonds is 6. The van der Waals surface area contributed by atoms with Gasteiger partial charge >= 0.3 is 0 Å². The summed E-state index contributed by atoms with van der Waals surface area (Å²) in [7, 11) is 0. The predicted octanol–water partition coefficient (Wildman–Crippen LogP) is 2.35. The highest BCUT2D eigenvalue weighted by molar-refractivity contribution is 5.91. The van der Waals surface area contributed by atoms with Gasteiger partial charge in [0.1, 0.15) is 5.69 Å². The molecule has 3 aliphatic rings. The maximum Gasteiger partial charge on any atom is 0.271 e. The van der Waals surface area contributed by atoms with Crippen LogP contribution < -0.4 is 5.32 Å². The Morgan fingerprint density at radius 2 is 2.26 bits per heavy atom. The third kappa shape index (κ3) is 3.65. The van der Waals surface area contributed by atoms with Crippen LogP contribution in [0.1, 0.15) is 49.3 Å². The molecule has 3 fully saturated rings. The third-order valence-corrected chi connectivity index (χ3v) is 6.36. The van der Waals surface area contributed by atoms with Crippen molar-refractivity contribution >= 4 is 5.91 Å². The molecule has 1 N–H and O–H groups in total. The highest BCUT2D eigenvalue weighted by Crippen LogP contribution is 2.54. The first-order chi connectivity index (χ1) is 13.0. The van der Waals surface area contributed by atoms with E-state index in [0.29, 0.717) is 30.2 Å². The van der Waals surface area contributed by atoms with Crippen LogP contribution in [0, 0.1) is 18.8 Å². The van der Waals surface area contributed by atoms with Crippen molar-refractivity contribution < 1.29 is 9.53 Å². The minimum Gasteiger partial charge on any atom is -0.370 e. The summed E-state index contributed by atoms with van der Waals surface area (Å²) >= 11 is 0. The Bertz CT molecular complexity index is 728. The van der Waals surface area contributed by atoms with E-state index in [1.165, 1.54) is 5.57 Å². The Hall–Kier alpha value is -1.79. The van der Waals surface area contributed by atoms with Gasteiger partial charge in [0.2, 0.25) is 0 Å². The molecule has 0 unspecified atom stereocenters. The quantitative estimate of drug-likeness (QED) is 0.779. The molecule has 27 heavy (non-hydrogen) atoms. The first kappa shape index (κ1) is 18.6. The molecule has 4 atom stereocenters. The SMILES string of the molecule is CC(C)=CCCN1C[C@@H]2[C@H](CNC(=O)c3cnc(C)cn3)[C@H]3CC[C@]2(C1)O3. The lowest BCUT2D eigenvalue weighted by atomic mass is 9.73. The molecule has 2 bridgehead atoms. The maximum absolute atomic E-state index is 12.4. The Kier molecular flexibility index (Phi) is 5.03. The van der Waals surface area contributed by atoms with E-state index in [1.54, 1.807) is 12.4 Å². The summed E-state index contributed by atoms with van der Waals surface area (Å²) in [4.78, 5) is 23.3. The van der Waals surface area contributed by atoms with Crippen molar-refractivity contribution in [1.82, 2.24) is 20.2 Å². The number of hydrogen-bond acceptors (Lipinski definition) is 5. The number of hydrogen-bond donors (Lipinski definition) is 1. The van der Waals surface area contributed by atoms with Crippen LogP contribution in [0.25, 0.3) is 0 Å². The molecule has 4 heterocycles. The molecule has 1 aromatic heterocycles. The number of likely N-dealkylation sites (tertiary alicyclic amines) is 1. The fourth-order valence-electron chi connectivity index (χ4n) is 5.08. The van der Waals surface area contributed by atoms with Crippen LogP contribution in [0.4, 0.5) is 0 Å². The van der Waals surface area contributed by atoms with Gasteiger partial charge in [-0.3, -0.25) is 14.7 Å². The number of carbonyl (C=O) groups is 1. The molecule has 1 aromatic rings. The van der Waals surface area contributed by atoms with E-state index in [9.17, 15) is 4.79 Å². The average Bonchev–Trinajstić information content (AvgIpc) is 3.28. The third-order valence-electron chi connectivity index (χ3n) is 6.36. The highest BCUT2D eigenvalue weighted by Gasteiger charge is 2.62. The lowest BCUT2D eigenvalue weighted by molar-refractivity contribution is 0.00290. The summed E-state index contributed by atoms with van der Waals surface area (Å²) in [6, 6.07) is 0. The number of nitrogens with one attached hydrogen (secondary N) is 1. The summed E-state index contributed by atoms with van der Waals surface area (Å²) in [6.07, 6.45) is 9.15. The van der Waals surface area contributed by atoms with Gasteiger partial charge < -0.3 is 10.1 Å². The topological polar surface area (TPSA) is 67.4 Å². The molecule has 4 rings (SSSR count). The standard InChI is InChI=1S/C21H30N4O2/c1-14(2)5-4-8-25-12-17-16(19-6-7-21(17,13-25)27-19)10-24-20(26)18-11-22-15(3)9-23-18/h5,9,11,16-17,19H,4,6-8,10,12-13H2,1-3H3,(H,24,26)/t16-,17+,19+,21+/m0/s1. The normalized spacial score (nSPS) is 31.7. The molecular formula is C21H30N4O2. The molecule has 1 amide bonds. The second kappa shape index (κ2) is 7.32. The van der Waals surface area contributed by atoms with E-state index in [4.69, 9.17) is 4.74 Å². The van der Waals surface area contributed by atoms with Crippen molar-refractivity contribution in [2.24, 2.45) is 11.8 Å². The number of carbonyl (C=O) groups excluding carboxylic acids is 1. The second-order valence-electron chi connectivity index (χ2n) is 8.59. The minimum absolute atomic E-state index is 0.0225.